The van der Waals surface area contributed by atoms with Crippen molar-refractivity contribution in [1.82, 2.24) is 15.2 Å². The number of oxazole rings is 1. The summed E-state index contributed by atoms with van der Waals surface area (Å²) < 4.78 is 19.4. The Balaban J connectivity index is 1.45. The van der Waals surface area contributed by atoms with E-state index in [1.54, 1.807) is 23.1 Å². The summed E-state index contributed by atoms with van der Waals surface area (Å²) in [5.74, 6) is -0.156. The highest BCUT2D eigenvalue weighted by molar-refractivity contribution is 5.84. The van der Waals surface area contributed by atoms with E-state index in [2.05, 4.69) is 10.3 Å². The van der Waals surface area contributed by atoms with Gasteiger partial charge in [0.1, 0.15) is 5.82 Å². The van der Waals surface area contributed by atoms with Gasteiger partial charge < -0.3 is 14.6 Å². The number of carbonyl (C=O) groups is 2. The highest BCUT2D eigenvalue weighted by atomic mass is 19.1. The molecule has 0 unspecified atom stereocenters. The van der Waals surface area contributed by atoms with E-state index >= 15 is 0 Å². The van der Waals surface area contributed by atoms with Crippen molar-refractivity contribution < 1.29 is 18.4 Å². The molecule has 0 aliphatic heterocycles. The first-order valence-electron chi connectivity index (χ1n) is 9.84. The van der Waals surface area contributed by atoms with Crippen LogP contribution in [0.25, 0.3) is 11.3 Å². The molecule has 30 heavy (non-hydrogen) atoms. The Morgan fingerprint density at radius 2 is 1.83 bits per heavy atom. The summed E-state index contributed by atoms with van der Waals surface area (Å²) in [6.07, 6.45) is 1.82. The SMILES string of the molecule is CCN(Cc1ccccc1)C(=O)CNC(=O)CCc1ncc(-c2ccccc2F)o1. The molecule has 0 fully saturated rings. The molecule has 0 aliphatic carbocycles. The first kappa shape index (κ1) is 21.2. The molecule has 6 nitrogen and oxygen atoms in total. The number of nitrogens with zero attached hydrogens (tertiary/aromatic N) is 2. The number of rotatable bonds is 9. The predicted octanol–water partition coefficient (Wildman–Crippen LogP) is 3.58. The maximum atomic E-state index is 13.8. The highest BCUT2D eigenvalue weighted by Gasteiger charge is 2.15. The summed E-state index contributed by atoms with van der Waals surface area (Å²) in [4.78, 5) is 30.3. The van der Waals surface area contributed by atoms with Crippen LogP contribution in [0.15, 0.2) is 65.2 Å². The molecule has 2 amide bonds. The van der Waals surface area contributed by atoms with Crippen molar-refractivity contribution in [2.75, 3.05) is 13.1 Å². The average molecular weight is 409 g/mol. The molecular weight excluding hydrogens is 385 g/mol. The van der Waals surface area contributed by atoms with Gasteiger partial charge in [-0.1, -0.05) is 42.5 Å². The smallest absolute Gasteiger partial charge is 0.242 e. The summed E-state index contributed by atoms with van der Waals surface area (Å²) >= 11 is 0. The molecule has 7 heteroatoms. The number of halogens is 1. The fourth-order valence-corrected chi connectivity index (χ4v) is 2.99. The van der Waals surface area contributed by atoms with Gasteiger partial charge in [-0.3, -0.25) is 9.59 Å². The van der Waals surface area contributed by atoms with Gasteiger partial charge in [-0.15, -0.1) is 0 Å². The lowest BCUT2D eigenvalue weighted by atomic mass is 10.2. The monoisotopic (exact) mass is 409 g/mol. The lowest BCUT2D eigenvalue weighted by Crippen LogP contribution is -2.39. The number of benzene rings is 2. The summed E-state index contributed by atoms with van der Waals surface area (Å²) in [6, 6.07) is 16.0. The molecule has 1 aromatic heterocycles. The molecule has 3 aromatic rings. The van der Waals surface area contributed by atoms with Crippen molar-refractivity contribution in [2.24, 2.45) is 0 Å². The van der Waals surface area contributed by atoms with Crippen molar-refractivity contribution in [2.45, 2.75) is 26.3 Å². The number of likely N-dealkylation sites (N-methyl/N-ethyl adjacent to an activating group) is 1. The Kier molecular flexibility index (Phi) is 7.32. The molecule has 1 N–H and O–H groups in total. The van der Waals surface area contributed by atoms with E-state index in [-0.39, 0.29) is 31.2 Å². The van der Waals surface area contributed by atoms with Crippen LogP contribution in [-0.2, 0) is 22.6 Å². The zero-order chi connectivity index (χ0) is 21.3. The van der Waals surface area contributed by atoms with Crippen LogP contribution in [0, 0.1) is 5.82 Å². The minimum atomic E-state index is -0.396. The topological polar surface area (TPSA) is 75.4 Å². The zero-order valence-corrected chi connectivity index (χ0v) is 16.8. The van der Waals surface area contributed by atoms with Crippen molar-refractivity contribution in [3.05, 3.63) is 78.1 Å². The molecule has 0 atom stereocenters. The first-order chi connectivity index (χ1) is 14.6. The molecule has 0 spiro atoms. The Labute approximate surface area is 174 Å². The Morgan fingerprint density at radius 3 is 2.57 bits per heavy atom. The first-order valence-corrected chi connectivity index (χ1v) is 9.84. The van der Waals surface area contributed by atoms with Crippen LogP contribution in [0.2, 0.25) is 0 Å². The number of hydrogen-bond acceptors (Lipinski definition) is 4. The third-order valence-electron chi connectivity index (χ3n) is 4.65. The second-order valence-corrected chi connectivity index (χ2v) is 6.77. The van der Waals surface area contributed by atoms with Gasteiger partial charge in [-0.2, -0.15) is 0 Å². The van der Waals surface area contributed by atoms with E-state index in [4.69, 9.17) is 4.42 Å². The van der Waals surface area contributed by atoms with Crippen LogP contribution in [-0.4, -0.2) is 34.8 Å². The van der Waals surface area contributed by atoms with E-state index in [1.165, 1.54) is 12.3 Å². The second kappa shape index (κ2) is 10.3. The van der Waals surface area contributed by atoms with Gasteiger partial charge in [0.2, 0.25) is 11.8 Å². The molecule has 0 radical (unpaired) electrons. The summed E-state index contributed by atoms with van der Waals surface area (Å²) in [5.41, 5.74) is 1.36. The van der Waals surface area contributed by atoms with Crippen LogP contribution in [0.1, 0.15) is 24.8 Å². The van der Waals surface area contributed by atoms with Crippen molar-refractivity contribution in [1.29, 1.82) is 0 Å². The average Bonchev–Trinajstić information content (AvgIpc) is 3.24. The van der Waals surface area contributed by atoms with Gasteiger partial charge in [-0.25, -0.2) is 9.37 Å². The Bertz CT molecular complexity index is 988. The summed E-state index contributed by atoms with van der Waals surface area (Å²) in [5, 5.41) is 2.64. The normalized spacial score (nSPS) is 10.6. The number of nitrogens with one attached hydrogen (secondary N) is 1. The van der Waals surface area contributed by atoms with Crippen molar-refractivity contribution >= 4 is 11.8 Å². The molecule has 0 aliphatic rings. The summed E-state index contributed by atoms with van der Waals surface area (Å²) in [7, 11) is 0. The molecule has 3 rings (SSSR count). The largest absolute Gasteiger partial charge is 0.441 e. The predicted molar refractivity (Wildman–Crippen MR) is 111 cm³/mol. The highest BCUT2D eigenvalue weighted by Crippen LogP contribution is 2.23. The quantitative estimate of drug-likeness (QED) is 0.586. The second-order valence-electron chi connectivity index (χ2n) is 6.77. The van der Waals surface area contributed by atoms with E-state index in [1.807, 2.05) is 37.3 Å². The number of amides is 2. The van der Waals surface area contributed by atoms with Crippen LogP contribution >= 0.6 is 0 Å². The van der Waals surface area contributed by atoms with Crippen LogP contribution in [0.4, 0.5) is 4.39 Å². The van der Waals surface area contributed by atoms with E-state index < -0.39 is 5.82 Å². The van der Waals surface area contributed by atoms with Gasteiger partial charge in [0.25, 0.3) is 0 Å². The zero-order valence-electron chi connectivity index (χ0n) is 16.8. The molecule has 0 bridgehead atoms. The Morgan fingerprint density at radius 1 is 1.10 bits per heavy atom. The van der Waals surface area contributed by atoms with Gasteiger partial charge in [-0.05, 0) is 24.6 Å². The number of hydrogen-bond donors (Lipinski definition) is 1. The minimum Gasteiger partial charge on any atom is -0.441 e. The number of aryl methyl sites for hydroxylation is 1. The lowest BCUT2D eigenvalue weighted by Gasteiger charge is -2.21. The fourth-order valence-electron chi connectivity index (χ4n) is 2.99. The molecular formula is C23H24FN3O3. The lowest BCUT2D eigenvalue weighted by molar-refractivity contribution is -0.133. The number of aromatic nitrogens is 1. The molecule has 2 aromatic carbocycles. The number of carbonyl (C=O) groups excluding carboxylic acids is 2. The van der Waals surface area contributed by atoms with Crippen LogP contribution in [0.5, 0.6) is 0 Å². The van der Waals surface area contributed by atoms with Crippen molar-refractivity contribution in [3.63, 3.8) is 0 Å². The van der Waals surface area contributed by atoms with E-state index in [9.17, 15) is 14.0 Å². The fraction of sp³-hybridized carbons (Fsp3) is 0.261. The third kappa shape index (κ3) is 5.76. The Hall–Kier alpha value is -3.48. The van der Waals surface area contributed by atoms with Gasteiger partial charge in [0.05, 0.1) is 18.3 Å². The van der Waals surface area contributed by atoms with Crippen molar-refractivity contribution in [3.8, 4) is 11.3 Å². The maximum Gasteiger partial charge on any atom is 0.242 e. The van der Waals surface area contributed by atoms with Gasteiger partial charge in [0.15, 0.2) is 11.7 Å². The molecule has 1 heterocycles. The molecule has 0 saturated carbocycles. The standard InChI is InChI=1S/C23H24FN3O3/c1-2-27(16-17-8-4-3-5-9-17)23(29)15-25-21(28)12-13-22-26-14-20(30-22)18-10-6-7-11-19(18)24/h3-11,14H,2,12-13,15-16H2,1H3,(H,25,28). The van der Waals surface area contributed by atoms with E-state index in [0.29, 0.717) is 30.3 Å². The van der Waals surface area contributed by atoms with E-state index in [0.717, 1.165) is 5.56 Å². The molecule has 0 saturated heterocycles. The van der Waals surface area contributed by atoms with Crippen LogP contribution < -0.4 is 5.32 Å². The van der Waals surface area contributed by atoms with Gasteiger partial charge >= 0.3 is 0 Å². The van der Waals surface area contributed by atoms with Gasteiger partial charge in [0, 0.05) is 25.9 Å². The maximum absolute atomic E-state index is 13.8. The summed E-state index contributed by atoms with van der Waals surface area (Å²) in [6.45, 7) is 2.89. The third-order valence-corrected chi connectivity index (χ3v) is 4.65. The molecule has 156 valence electrons. The minimum absolute atomic E-state index is 0.0639. The van der Waals surface area contributed by atoms with Crippen LogP contribution in [0.3, 0.4) is 0 Å².